The topological polar surface area (TPSA) is 9.23 Å². The van der Waals surface area contributed by atoms with E-state index in [1.807, 2.05) is 0 Å². The molecule has 0 aromatic carbocycles. The molecule has 0 bridgehead atoms. The van der Waals surface area contributed by atoms with E-state index in [1.165, 1.54) is 0 Å². The molecule has 0 spiro atoms. The van der Waals surface area contributed by atoms with E-state index >= 15 is 0 Å². The van der Waals surface area contributed by atoms with Crippen LogP contribution in [0.4, 0.5) is 8.78 Å². The van der Waals surface area contributed by atoms with Crippen molar-refractivity contribution >= 4 is 0 Å². The lowest BCUT2D eigenvalue weighted by Gasteiger charge is -2.40. The summed E-state index contributed by atoms with van der Waals surface area (Å²) in [6.45, 7) is 4.05. The molecule has 3 heteroatoms. The summed E-state index contributed by atoms with van der Waals surface area (Å²) in [6, 6.07) is 0. The van der Waals surface area contributed by atoms with Crippen molar-refractivity contribution in [1.29, 1.82) is 0 Å². The molecular formula is C12H22F2O. The zero-order valence-corrected chi connectivity index (χ0v) is 9.77. The van der Waals surface area contributed by atoms with Crippen LogP contribution in [0.1, 0.15) is 39.5 Å². The van der Waals surface area contributed by atoms with Gasteiger partial charge in [-0.1, -0.05) is 13.8 Å². The molecule has 1 atom stereocenters. The zero-order chi connectivity index (χ0) is 11.3. The Kier molecular flexibility index (Phi) is 4.97. The minimum Gasteiger partial charge on any atom is -0.377 e. The number of alkyl halides is 2. The normalized spacial score (nSPS) is 25.8. The van der Waals surface area contributed by atoms with Crippen molar-refractivity contribution in [2.45, 2.75) is 45.6 Å². The fourth-order valence-corrected chi connectivity index (χ4v) is 2.33. The Bertz CT molecular complexity index is 166. The lowest BCUT2D eigenvalue weighted by molar-refractivity contribution is -0.0900. The predicted molar refractivity (Wildman–Crippen MR) is 57.4 cm³/mol. The van der Waals surface area contributed by atoms with Crippen molar-refractivity contribution < 1.29 is 13.5 Å². The van der Waals surface area contributed by atoms with Gasteiger partial charge in [-0.15, -0.1) is 0 Å². The van der Waals surface area contributed by atoms with Gasteiger partial charge in [-0.2, -0.15) is 0 Å². The number of ether oxygens (including phenoxy) is 1. The Morgan fingerprint density at radius 3 is 2.20 bits per heavy atom. The van der Waals surface area contributed by atoms with Crippen molar-refractivity contribution in [2.24, 2.45) is 11.3 Å². The molecule has 90 valence electrons. The average Bonchev–Trinajstić information content (AvgIpc) is 2.19. The van der Waals surface area contributed by atoms with Crippen LogP contribution in [0.3, 0.4) is 0 Å². The molecule has 1 saturated heterocycles. The van der Waals surface area contributed by atoms with Gasteiger partial charge in [0.2, 0.25) is 0 Å². The van der Waals surface area contributed by atoms with E-state index in [1.54, 1.807) is 0 Å². The van der Waals surface area contributed by atoms with Crippen molar-refractivity contribution in [2.75, 3.05) is 20.0 Å². The predicted octanol–water partition coefficient (Wildman–Crippen LogP) is 3.53. The highest BCUT2D eigenvalue weighted by molar-refractivity contribution is 4.85. The fourth-order valence-electron chi connectivity index (χ4n) is 2.33. The standard InChI is InChI=1S/C12H22F2O/c1-10(2)11-3-4-12(5-7-13,6-8-14)9-15-11/h10-11H,3-9H2,1-2H3/t11-/m0/s1. The Morgan fingerprint density at radius 2 is 1.87 bits per heavy atom. The van der Waals surface area contributed by atoms with E-state index in [0.717, 1.165) is 12.8 Å². The van der Waals surface area contributed by atoms with E-state index in [4.69, 9.17) is 4.74 Å². The first-order valence-corrected chi connectivity index (χ1v) is 5.87. The number of halogens is 2. The molecule has 1 aliphatic rings. The van der Waals surface area contributed by atoms with E-state index in [-0.39, 0.29) is 24.9 Å². The second-order valence-electron chi connectivity index (χ2n) is 5.01. The van der Waals surface area contributed by atoms with Crippen LogP contribution < -0.4 is 0 Å². The summed E-state index contributed by atoms with van der Waals surface area (Å²) in [7, 11) is 0. The first kappa shape index (κ1) is 12.9. The molecule has 15 heavy (non-hydrogen) atoms. The largest absolute Gasteiger partial charge is 0.377 e. The van der Waals surface area contributed by atoms with Gasteiger partial charge >= 0.3 is 0 Å². The minimum absolute atomic E-state index is 0.227. The van der Waals surface area contributed by atoms with Crippen molar-refractivity contribution in [1.82, 2.24) is 0 Å². The van der Waals surface area contributed by atoms with Crippen LogP contribution in [0.15, 0.2) is 0 Å². The SMILES string of the molecule is CC(C)[C@@H]1CCC(CCF)(CCF)CO1. The van der Waals surface area contributed by atoms with Crippen molar-refractivity contribution in [3.8, 4) is 0 Å². The van der Waals surface area contributed by atoms with Crippen LogP contribution in [0.2, 0.25) is 0 Å². The maximum Gasteiger partial charge on any atom is 0.0900 e. The molecule has 1 aliphatic heterocycles. The third-order valence-corrected chi connectivity index (χ3v) is 3.56. The maximum absolute atomic E-state index is 12.4. The van der Waals surface area contributed by atoms with Gasteiger partial charge in [0.1, 0.15) is 0 Å². The van der Waals surface area contributed by atoms with E-state index < -0.39 is 0 Å². The van der Waals surface area contributed by atoms with E-state index in [0.29, 0.717) is 25.4 Å². The molecule has 1 fully saturated rings. The van der Waals surface area contributed by atoms with Gasteiger partial charge in [-0.05, 0) is 37.0 Å². The second-order valence-corrected chi connectivity index (χ2v) is 5.01. The monoisotopic (exact) mass is 220 g/mol. The minimum atomic E-state index is -0.365. The molecule has 0 N–H and O–H groups in total. The Labute approximate surface area is 91.2 Å². The second kappa shape index (κ2) is 5.78. The molecule has 1 heterocycles. The lowest BCUT2D eigenvalue weighted by Crippen LogP contribution is -2.39. The Balaban J connectivity index is 2.49. The number of hydrogen-bond acceptors (Lipinski definition) is 1. The highest BCUT2D eigenvalue weighted by Crippen LogP contribution is 2.39. The van der Waals surface area contributed by atoms with Gasteiger partial charge in [0.25, 0.3) is 0 Å². The summed E-state index contributed by atoms with van der Waals surface area (Å²) in [5, 5.41) is 0. The Morgan fingerprint density at radius 1 is 1.27 bits per heavy atom. The molecule has 0 saturated carbocycles. The summed E-state index contributed by atoms with van der Waals surface area (Å²) in [4.78, 5) is 0. The molecule has 0 unspecified atom stereocenters. The summed E-state index contributed by atoms with van der Waals surface area (Å²) in [5.74, 6) is 0.499. The van der Waals surface area contributed by atoms with Crippen LogP contribution in [-0.2, 0) is 4.74 Å². The zero-order valence-electron chi connectivity index (χ0n) is 9.77. The van der Waals surface area contributed by atoms with Gasteiger partial charge in [-0.25, -0.2) is 0 Å². The highest BCUT2D eigenvalue weighted by Gasteiger charge is 2.36. The highest BCUT2D eigenvalue weighted by atomic mass is 19.1. The van der Waals surface area contributed by atoms with Crippen LogP contribution in [-0.4, -0.2) is 26.1 Å². The molecule has 1 rings (SSSR count). The van der Waals surface area contributed by atoms with Crippen molar-refractivity contribution in [3.63, 3.8) is 0 Å². The quantitative estimate of drug-likeness (QED) is 0.688. The molecule has 0 aliphatic carbocycles. The molecule has 1 nitrogen and oxygen atoms in total. The molecule has 0 amide bonds. The summed E-state index contributed by atoms with van der Waals surface area (Å²) >= 11 is 0. The molecule has 0 aromatic heterocycles. The molecule has 0 aromatic rings. The van der Waals surface area contributed by atoms with Gasteiger partial charge in [-0.3, -0.25) is 8.78 Å². The summed E-state index contributed by atoms with van der Waals surface area (Å²) < 4.78 is 30.6. The van der Waals surface area contributed by atoms with Gasteiger partial charge in [0.05, 0.1) is 26.1 Å². The molecular weight excluding hydrogens is 198 g/mol. The Hall–Kier alpha value is -0.180. The van der Waals surface area contributed by atoms with Gasteiger partial charge < -0.3 is 4.74 Å². The van der Waals surface area contributed by atoms with Crippen LogP contribution >= 0.6 is 0 Å². The summed E-state index contributed by atoms with van der Waals surface area (Å²) in [5.41, 5.74) is -0.227. The van der Waals surface area contributed by atoms with E-state index in [9.17, 15) is 8.78 Å². The number of hydrogen-bond donors (Lipinski definition) is 0. The van der Waals surface area contributed by atoms with Crippen LogP contribution in [0, 0.1) is 11.3 Å². The first-order chi connectivity index (χ1) is 7.13. The smallest absolute Gasteiger partial charge is 0.0900 e. The van der Waals surface area contributed by atoms with Crippen LogP contribution in [0.5, 0.6) is 0 Å². The lowest BCUT2D eigenvalue weighted by atomic mass is 9.75. The molecule has 0 radical (unpaired) electrons. The van der Waals surface area contributed by atoms with Gasteiger partial charge in [0, 0.05) is 0 Å². The third-order valence-electron chi connectivity index (χ3n) is 3.56. The number of rotatable bonds is 5. The third kappa shape index (κ3) is 3.40. The van der Waals surface area contributed by atoms with E-state index in [2.05, 4.69) is 13.8 Å². The average molecular weight is 220 g/mol. The van der Waals surface area contributed by atoms with Crippen molar-refractivity contribution in [3.05, 3.63) is 0 Å². The van der Waals surface area contributed by atoms with Gasteiger partial charge in [0.15, 0.2) is 0 Å². The summed E-state index contributed by atoms with van der Waals surface area (Å²) in [6.07, 6.45) is 3.02. The first-order valence-electron chi connectivity index (χ1n) is 5.87. The van der Waals surface area contributed by atoms with Crippen LogP contribution in [0.25, 0.3) is 0 Å². The fraction of sp³-hybridized carbons (Fsp3) is 1.00. The maximum atomic E-state index is 12.4.